The second-order valence-electron chi connectivity index (χ2n) is 6.19. The van der Waals surface area contributed by atoms with E-state index in [9.17, 15) is 0 Å². The van der Waals surface area contributed by atoms with Crippen LogP contribution in [0.15, 0.2) is 42.6 Å². The van der Waals surface area contributed by atoms with Crippen LogP contribution in [0.2, 0.25) is 0 Å². The summed E-state index contributed by atoms with van der Waals surface area (Å²) >= 11 is 0. The number of hydrogen-bond donors (Lipinski definition) is 1. The van der Waals surface area contributed by atoms with Gasteiger partial charge in [0.05, 0.1) is 30.0 Å². The average molecular weight is 332 g/mol. The molecule has 0 atom stereocenters. The standard InChI is InChI=1S/C20H20N4O/c1-12-5-8-16-15(9-12)23-19(21-3)20-22-11-17(24(16)20)14-7-6-13(2)18(10-14)25-4/h5-11H,1-4H3,(H,21,23). The molecule has 25 heavy (non-hydrogen) atoms. The predicted molar refractivity (Wildman–Crippen MR) is 102 cm³/mol. The van der Waals surface area contributed by atoms with E-state index in [1.807, 2.05) is 20.2 Å². The van der Waals surface area contributed by atoms with Crippen LogP contribution in [0.3, 0.4) is 0 Å². The van der Waals surface area contributed by atoms with Gasteiger partial charge in [0, 0.05) is 12.6 Å². The number of aryl methyl sites for hydroxylation is 2. The smallest absolute Gasteiger partial charge is 0.181 e. The molecule has 4 rings (SSSR count). The van der Waals surface area contributed by atoms with Gasteiger partial charge in [0.15, 0.2) is 11.5 Å². The highest BCUT2D eigenvalue weighted by atomic mass is 16.5. The molecule has 0 saturated heterocycles. The van der Waals surface area contributed by atoms with Gasteiger partial charge in [0.25, 0.3) is 0 Å². The van der Waals surface area contributed by atoms with Crippen molar-refractivity contribution in [3.8, 4) is 17.0 Å². The Labute approximate surface area is 146 Å². The normalized spacial score (nSPS) is 11.2. The zero-order valence-corrected chi connectivity index (χ0v) is 14.8. The molecule has 0 fully saturated rings. The number of hydrogen-bond acceptors (Lipinski definition) is 4. The Morgan fingerprint density at radius 1 is 1.08 bits per heavy atom. The maximum atomic E-state index is 5.49. The Kier molecular flexibility index (Phi) is 3.57. The molecule has 0 aliphatic carbocycles. The Morgan fingerprint density at radius 2 is 1.92 bits per heavy atom. The Balaban J connectivity index is 2.08. The maximum Gasteiger partial charge on any atom is 0.181 e. The third-order valence-electron chi connectivity index (χ3n) is 4.52. The topological polar surface area (TPSA) is 51.5 Å². The molecule has 0 bridgehead atoms. The maximum absolute atomic E-state index is 5.49. The Morgan fingerprint density at radius 3 is 2.68 bits per heavy atom. The molecule has 0 aliphatic rings. The third kappa shape index (κ3) is 2.39. The van der Waals surface area contributed by atoms with Crippen LogP contribution in [0.4, 0.5) is 5.82 Å². The van der Waals surface area contributed by atoms with Gasteiger partial charge in [-0.2, -0.15) is 0 Å². The number of rotatable bonds is 3. The summed E-state index contributed by atoms with van der Waals surface area (Å²) in [7, 11) is 3.56. The van der Waals surface area contributed by atoms with Gasteiger partial charge in [-0.1, -0.05) is 18.2 Å². The molecular weight excluding hydrogens is 312 g/mol. The highest BCUT2D eigenvalue weighted by molar-refractivity contribution is 5.86. The van der Waals surface area contributed by atoms with Crippen LogP contribution < -0.4 is 10.1 Å². The van der Waals surface area contributed by atoms with Crippen LogP contribution in [0.5, 0.6) is 5.75 Å². The lowest BCUT2D eigenvalue weighted by molar-refractivity contribution is 0.412. The number of fused-ring (bicyclic) bond motifs is 3. The van der Waals surface area contributed by atoms with Crippen molar-refractivity contribution in [2.45, 2.75) is 13.8 Å². The highest BCUT2D eigenvalue weighted by Crippen LogP contribution is 2.31. The fourth-order valence-corrected chi connectivity index (χ4v) is 3.20. The second kappa shape index (κ2) is 5.77. The van der Waals surface area contributed by atoms with Crippen molar-refractivity contribution in [1.29, 1.82) is 0 Å². The zero-order valence-electron chi connectivity index (χ0n) is 14.8. The molecule has 2 aromatic heterocycles. The molecule has 2 aromatic carbocycles. The van der Waals surface area contributed by atoms with Gasteiger partial charge in [0.2, 0.25) is 0 Å². The van der Waals surface area contributed by atoms with Crippen LogP contribution in [0.25, 0.3) is 27.9 Å². The molecule has 4 aromatic rings. The van der Waals surface area contributed by atoms with Gasteiger partial charge in [-0.05, 0) is 43.2 Å². The largest absolute Gasteiger partial charge is 0.496 e. The summed E-state index contributed by atoms with van der Waals surface area (Å²) in [4.78, 5) is 9.33. The van der Waals surface area contributed by atoms with Crippen molar-refractivity contribution in [1.82, 2.24) is 14.4 Å². The number of aromatic nitrogens is 3. The summed E-state index contributed by atoms with van der Waals surface area (Å²) in [5, 5.41) is 3.16. The molecule has 0 unspecified atom stereocenters. The summed E-state index contributed by atoms with van der Waals surface area (Å²) in [5.41, 5.74) is 7.15. The minimum absolute atomic E-state index is 0.767. The molecule has 0 aliphatic heterocycles. The van der Waals surface area contributed by atoms with E-state index in [1.165, 1.54) is 5.56 Å². The van der Waals surface area contributed by atoms with E-state index in [0.717, 1.165) is 45.1 Å². The highest BCUT2D eigenvalue weighted by Gasteiger charge is 2.15. The van der Waals surface area contributed by atoms with E-state index in [-0.39, 0.29) is 0 Å². The van der Waals surface area contributed by atoms with Gasteiger partial charge in [-0.3, -0.25) is 4.40 Å². The van der Waals surface area contributed by atoms with Crippen LogP contribution in [-0.2, 0) is 0 Å². The first-order valence-corrected chi connectivity index (χ1v) is 8.23. The summed E-state index contributed by atoms with van der Waals surface area (Å²) in [6.07, 6.45) is 1.89. The van der Waals surface area contributed by atoms with Crippen molar-refractivity contribution < 1.29 is 4.74 Å². The molecule has 5 nitrogen and oxygen atoms in total. The monoisotopic (exact) mass is 332 g/mol. The molecule has 126 valence electrons. The number of ether oxygens (including phenoxy) is 1. The van der Waals surface area contributed by atoms with Crippen molar-refractivity contribution in [2.75, 3.05) is 19.5 Å². The fourth-order valence-electron chi connectivity index (χ4n) is 3.20. The van der Waals surface area contributed by atoms with Gasteiger partial charge in [-0.25, -0.2) is 9.97 Å². The van der Waals surface area contributed by atoms with Gasteiger partial charge < -0.3 is 10.1 Å². The van der Waals surface area contributed by atoms with E-state index in [2.05, 4.69) is 58.0 Å². The molecule has 0 saturated carbocycles. The second-order valence-corrected chi connectivity index (χ2v) is 6.19. The quantitative estimate of drug-likeness (QED) is 0.610. The number of nitrogens with zero attached hydrogens (tertiary/aromatic N) is 3. The summed E-state index contributed by atoms with van der Waals surface area (Å²) < 4.78 is 7.64. The van der Waals surface area contributed by atoms with Crippen molar-refractivity contribution >= 4 is 22.5 Å². The summed E-state index contributed by atoms with van der Waals surface area (Å²) in [6, 6.07) is 12.5. The summed E-state index contributed by atoms with van der Waals surface area (Å²) in [5.74, 6) is 1.64. The van der Waals surface area contributed by atoms with E-state index < -0.39 is 0 Å². The van der Waals surface area contributed by atoms with E-state index in [0.29, 0.717) is 0 Å². The first-order chi connectivity index (χ1) is 12.1. The van der Waals surface area contributed by atoms with Crippen LogP contribution in [0, 0.1) is 13.8 Å². The van der Waals surface area contributed by atoms with Crippen LogP contribution in [-0.4, -0.2) is 28.5 Å². The SMILES string of the molecule is CNc1nc2cc(C)ccc2n2c(-c3ccc(C)c(OC)c3)cnc12. The number of benzene rings is 2. The minimum Gasteiger partial charge on any atom is -0.496 e. The van der Waals surface area contributed by atoms with E-state index in [1.54, 1.807) is 7.11 Å². The first kappa shape index (κ1) is 15.4. The number of nitrogens with one attached hydrogen (secondary N) is 1. The third-order valence-corrected chi connectivity index (χ3v) is 4.52. The molecule has 0 radical (unpaired) electrons. The predicted octanol–water partition coefficient (Wildman–Crippen LogP) is 4.22. The summed E-state index contributed by atoms with van der Waals surface area (Å²) in [6.45, 7) is 4.11. The average Bonchev–Trinajstić information content (AvgIpc) is 3.06. The lowest BCUT2D eigenvalue weighted by Gasteiger charge is -2.11. The Bertz CT molecular complexity index is 1100. The van der Waals surface area contributed by atoms with Crippen LogP contribution in [0.1, 0.15) is 11.1 Å². The Hall–Kier alpha value is -3.08. The molecule has 0 amide bonds. The van der Waals surface area contributed by atoms with E-state index in [4.69, 9.17) is 9.72 Å². The van der Waals surface area contributed by atoms with Gasteiger partial charge >= 0.3 is 0 Å². The van der Waals surface area contributed by atoms with E-state index >= 15 is 0 Å². The number of imidazole rings is 1. The van der Waals surface area contributed by atoms with Crippen molar-refractivity contribution in [3.63, 3.8) is 0 Å². The number of methoxy groups -OCH3 is 1. The molecule has 0 spiro atoms. The first-order valence-electron chi connectivity index (χ1n) is 8.23. The molecule has 5 heteroatoms. The molecule has 1 N–H and O–H groups in total. The van der Waals surface area contributed by atoms with Crippen molar-refractivity contribution in [3.05, 3.63) is 53.7 Å². The lowest BCUT2D eigenvalue weighted by atomic mass is 10.1. The van der Waals surface area contributed by atoms with Crippen molar-refractivity contribution in [2.24, 2.45) is 0 Å². The molecule has 2 heterocycles. The van der Waals surface area contributed by atoms with Gasteiger partial charge in [-0.15, -0.1) is 0 Å². The van der Waals surface area contributed by atoms with Gasteiger partial charge in [0.1, 0.15) is 5.75 Å². The fraction of sp³-hybridized carbons (Fsp3) is 0.200. The zero-order chi connectivity index (χ0) is 17.6. The number of anilines is 1. The van der Waals surface area contributed by atoms with Crippen LogP contribution >= 0.6 is 0 Å². The molecular formula is C20H20N4O. The lowest BCUT2D eigenvalue weighted by Crippen LogP contribution is -2.01. The minimum atomic E-state index is 0.767.